The summed E-state index contributed by atoms with van der Waals surface area (Å²) < 4.78 is 11.2. The van der Waals surface area contributed by atoms with Crippen molar-refractivity contribution >= 4 is 111 Å². The fourth-order valence-electron chi connectivity index (χ4n) is 15.8. The van der Waals surface area contributed by atoms with Gasteiger partial charge in [0.2, 0.25) is 11.4 Å². The maximum atomic E-state index is 12.0. The summed E-state index contributed by atoms with van der Waals surface area (Å²) in [6, 6.07) is 60.1. The highest BCUT2D eigenvalue weighted by Crippen LogP contribution is 2.38. The summed E-state index contributed by atoms with van der Waals surface area (Å²) in [5, 5.41) is 13.9. The summed E-state index contributed by atoms with van der Waals surface area (Å²) in [5.41, 5.74) is 21.8. The number of pyridine rings is 4. The smallest absolute Gasteiger partial charge is 0.373 e. The van der Waals surface area contributed by atoms with Crippen molar-refractivity contribution in [1.82, 2.24) is 55.1 Å². The monoisotopic (exact) mass is 1980 g/mol. The molecule has 696 valence electrons. The first-order chi connectivity index (χ1) is 64.3. The van der Waals surface area contributed by atoms with Crippen molar-refractivity contribution in [1.29, 1.82) is 5.26 Å². The molecule has 0 bridgehead atoms. The molecule has 1 saturated heterocycles. The van der Waals surface area contributed by atoms with Gasteiger partial charge in [0, 0.05) is 169 Å². The highest BCUT2D eigenvalue weighted by Gasteiger charge is 2.42. The number of esters is 2. The molecule has 2 amide bonds. The molecule has 0 saturated carbocycles. The van der Waals surface area contributed by atoms with E-state index in [1.165, 1.54) is 72.3 Å². The molecule has 7 aliphatic heterocycles. The number of likely N-dealkylation sites (tertiary alicyclic amines) is 1. The maximum absolute atomic E-state index is 12.0. The van der Waals surface area contributed by atoms with Gasteiger partial charge in [-0.2, -0.15) is 24.4 Å². The van der Waals surface area contributed by atoms with Crippen LogP contribution in [-0.2, 0) is 132 Å². The van der Waals surface area contributed by atoms with Gasteiger partial charge in [-0.05, 0) is 204 Å². The number of Topliss-reactive ketones (excluding diaryl/α,β-unsaturated/α-hetero) is 1. The van der Waals surface area contributed by atoms with Gasteiger partial charge in [0.25, 0.3) is 5.91 Å². The zero-order valence-corrected chi connectivity index (χ0v) is 80.9. The number of fused-ring (bicyclic) bond motifs is 4. The molecular weight excluding hydrogens is 1870 g/mol. The molecule has 2 unspecified atom stereocenters. The zero-order valence-electron chi connectivity index (χ0n) is 76.4. The Labute approximate surface area is 814 Å². The molecule has 0 radical (unpaired) electrons. The molecule has 17 rings (SSSR count). The summed E-state index contributed by atoms with van der Waals surface area (Å²) in [6.07, 6.45) is 17.7. The van der Waals surface area contributed by atoms with Crippen LogP contribution in [-0.4, -0.2) is 157 Å². The Kier molecular flexibility index (Phi) is 46.8. The molecule has 6 aromatic carbocycles. The van der Waals surface area contributed by atoms with Gasteiger partial charge in [-0.1, -0.05) is 188 Å². The molecule has 0 spiro atoms. The summed E-state index contributed by atoms with van der Waals surface area (Å²) in [5.74, 6) is -2.08. The first kappa shape index (κ1) is 109. The van der Waals surface area contributed by atoms with Crippen molar-refractivity contribution in [3.05, 3.63) is 361 Å². The van der Waals surface area contributed by atoms with E-state index in [4.69, 9.17) is 76.8 Å². The number of halogens is 4. The lowest BCUT2D eigenvalue weighted by molar-refractivity contribution is -0.193. The van der Waals surface area contributed by atoms with Crippen LogP contribution in [0.5, 0.6) is 0 Å². The van der Waals surface area contributed by atoms with E-state index in [2.05, 4.69) is 197 Å². The van der Waals surface area contributed by atoms with E-state index >= 15 is 0 Å². The van der Waals surface area contributed by atoms with Gasteiger partial charge in [-0.3, -0.25) is 68.8 Å². The van der Waals surface area contributed by atoms with Crippen LogP contribution in [0.2, 0.25) is 10.3 Å². The third-order valence-corrected chi connectivity index (χ3v) is 23.3. The van der Waals surface area contributed by atoms with E-state index in [0.29, 0.717) is 79.6 Å². The van der Waals surface area contributed by atoms with E-state index < -0.39 is 23.5 Å². The van der Waals surface area contributed by atoms with E-state index in [1.807, 2.05) is 144 Å². The minimum absolute atomic E-state index is 0. The van der Waals surface area contributed by atoms with Crippen LogP contribution in [0.15, 0.2) is 224 Å². The third-order valence-electron chi connectivity index (χ3n) is 22.1. The molecule has 26 nitrogen and oxygen atoms in total. The fraction of sp³-hybridized carbons (Fsp3) is 0.337. The summed E-state index contributed by atoms with van der Waals surface area (Å²) in [7, 11) is 0. The number of ether oxygens (including phenoxy) is 2. The summed E-state index contributed by atoms with van der Waals surface area (Å²) >= 11 is 14.4. The SMILES string of the molecule is CC(C)(C)OC(=O)c1cccc(I)c1.CCC#N.CCOC(=O)C1CN(Cc2ccccc2)CCC1=O.Cc1cncc2c1CCN(Cc1ccccc1)C2.Cc1cncc2c1CCNC2.Cl.O=C=O.O=C=O.[C-]#[N+]C1C(=O)NC(=O)C2=C1CCN(Cc1ccccc1)C2.[C-]#[N+]c1c(Cl)nc(Cl)c2c1CCN(Cc1ccccc1)C2.[C-]#[N+]c1cncc2c1CCN(Cc1ccccc1)C2. The second-order valence-corrected chi connectivity index (χ2v) is 34.7. The average molecular weight is 1980 g/mol. The van der Waals surface area contributed by atoms with Gasteiger partial charge >= 0.3 is 36.2 Å². The number of nitriles is 1. The molecular formula is C104H111Cl3IN15O11. The Morgan fingerprint density at radius 2 is 0.985 bits per heavy atom. The Morgan fingerprint density at radius 1 is 0.545 bits per heavy atom. The van der Waals surface area contributed by atoms with Crippen molar-refractivity contribution < 1.29 is 52.6 Å². The van der Waals surface area contributed by atoms with Crippen molar-refractivity contribution in [2.75, 3.05) is 59.0 Å². The lowest BCUT2D eigenvalue weighted by Gasteiger charge is -2.32. The molecule has 11 heterocycles. The Morgan fingerprint density at radius 3 is 1.45 bits per heavy atom. The van der Waals surface area contributed by atoms with Gasteiger partial charge in [0.15, 0.2) is 0 Å². The van der Waals surface area contributed by atoms with Crippen molar-refractivity contribution in [2.45, 2.75) is 164 Å². The number of imide groups is 1. The van der Waals surface area contributed by atoms with Crippen molar-refractivity contribution in [2.24, 2.45) is 5.92 Å². The number of benzene rings is 6. The highest BCUT2D eigenvalue weighted by molar-refractivity contribution is 14.1. The quantitative estimate of drug-likeness (QED) is 0.0271. The molecule has 4 aromatic heterocycles. The number of aromatic nitrogens is 4. The average Bonchev–Trinajstić information content (AvgIpc) is 0.786. The Hall–Kier alpha value is -12.5. The Bertz CT molecular complexity index is 5790. The zero-order chi connectivity index (χ0) is 96.0. The second-order valence-electron chi connectivity index (χ2n) is 32.7. The van der Waals surface area contributed by atoms with Gasteiger partial charge < -0.3 is 14.8 Å². The number of piperidine rings is 1. The number of hydrogen-bond acceptors (Lipinski definition) is 22. The molecule has 30 heteroatoms. The topological polar surface area (TPSA) is 301 Å². The normalized spacial score (nSPS) is 15.6. The van der Waals surface area contributed by atoms with Gasteiger partial charge in [-0.25, -0.2) is 26.0 Å². The van der Waals surface area contributed by atoms with Crippen LogP contribution in [0, 0.1) is 54.4 Å². The van der Waals surface area contributed by atoms with Crippen LogP contribution in [0.3, 0.4) is 0 Å². The molecule has 2 atom stereocenters. The standard InChI is InChI=1S/C16H13Cl2N3.C16H15N3O2.C16H15N3.C16H18N2.C15H19NO3.C11H13IO2.C9H12N2.C3H5N.2CO2.ClH/c1-19-14-12-7-8-21(9-11-5-3-2-4-6-11)10-13(12)15(17)20-16(14)18;1-17-14-12-7-8-19(9-11-5-3-2-4-6-11)10-13(12)15(20)18-16(14)21;1-17-16-10-18-9-14-12-19(8-7-15(14)16)11-13-5-3-2-4-6-13;1-13-9-17-10-15-12-18(8-7-16(13)15)11-14-5-3-2-4-6-14;1-2-19-15(18)13-11-16(9-8-14(13)17)10-12-6-4-3-5-7-12;1-11(2,3)14-10(13)8-5-4-6-9(12)7-8;1-7-4-11-6-8-5-10-3-2-9(7)8;1-2-3-4;2*2-1-3;/h2-6H,7-10H2;2-6,14H,7-10H2,(H,18,20,21);2-6,9-10H,7-8,11-12H2;2-6,9-10H,7-8,11-12H2,1H3;3-7,13H,2,8-11H2,1H3;4-7H,1-3H3;4,6,10H,2-3,5H2,1H3;2H2,1H3;;;1H. The number of rotatable bonds is 13. The number of aryl methyl sites for hydroxylation is 2. The summed E-state index contributed by atoms with van der Waals surface area (Å²) in [4.78, 5) is 130. The number of carbonyl (C=O) groups is 5. The van der Waals surface area contributed by atoms with E-state index in [0.717, 1.165) is 131 Å². The number of carbonyl (C=O) groups excluding carboxylic acids is 9. The van der Waals surface area contributed by atoms with Crippen molar-refractivity contribution in [3.8, 4) is 6.07 Å². The van der Waals surface area contributed by atoms with Crippen LogP contribution >= 0.6 is 58.2 Å². The van der Waals surface area contributed by atoms with Crippen LogP contribution in [0.1, 0.15) is 148 Å². The number of ketones is 1. The molecule has 1 fully saturated rings. The van der Waals surface area contributed by atoms with Gasteiger partial charge in [0.05, 0.1) is 31.4 Å². The molecule has 0 aliphatic carbocycles. The molecule has 2 N–H and O–H groups in total. The fourth-order valence-corrected chi connectivity index (χ4v) is 16.8. The van der Waals surface area contributed by atoms with Crippen LogP contribution in [0.4, 0.5) is 11.4 Å². The molecule has 134 heavy (non-hydrogen) atoms. The first-order valence-corrected chi connectivity index (χ1v) is 45.5. The maximum Gasteiger partial charge on any atom is 0.373 e. The van der Waals surface area contributed by atoms with Gasteiger partial charge in [0.1, 0.15) is 27.6 Å². The number of nitrogens with one attached hydrogen (secondary N) is 2. The largest absolute Gasteiger partial charge is 0.465 e. The second kappa shape index (κ2) is 57.8. The highest BCUT2D eigenvalue weighted by atomic mass is 127. The Balaban J connectivity index is 0.000000211. The lowest BCUT2D eigenvalue weighted by atomic mass is 9.90. The molecule has 10 aromatic rings. The van der Waals surface area contributed by atoms with Gasteiger partial charge in [-0.15, -0.1) is 12.4 Å². The van der Waals surface area contributed by atoms with Crippen LogP contribution in [0.25, 0.3) is 14.5 Å². The molecule has 7 aliphatic rings. The van der Waals surface area contributed by atoms with Crippen molar-refractivity contribution in [3.63, 3.8) is 0 Å². The first-order valence-electron chi connectivity index (χ1n) is 43.7. The number of amides is 2. The predicted octanol–water partition coefficient (Wildman–Crippen LogP) is 17.9. The lowest BCUT2D eigenvalue weighted by Crippen LogP contribution is -2.49. The minimum atomic E-state index is -0.823. The third kappa shape index (κ3) is 35.1. The van der Waals surface area contributed by atoms with E-state index in [1.54, 1.807) is 19.2 Å². The van der Waals surface area contributed by atoms with E-state index in [9.17, 15) is 24.0 Å². The summed E-state index contributed by atoms with van der Waals surface area (Å²) in [6.45, 7) is 50.0. The number of hydrogen-bond donors (Lipinski definition) is 2. The predicted molar refractivity (Wildman–Crippen MR) is 523 cm³/mol. The number of nitrogens with zero attached hydrogens (tertiary/aromatic N) is 13. The minimum Gasteiger partial charge on any atom is -0.465 e. The van der Waals surface area contributed by atoms with Crippen LogP contribution < -0.4 is 10.6 Å². The van der Waals surface area contributed by atoms with E-state index in [-0.39, 0.29) is 53.5 Å².